The SMILES string of the molecule is CCOc1cc(N(C)Cc2cscn2)ccc1N. The summed E-state index contributed by atoms with van der Waals surface area (Å²) in [5.74, 6) is 0.736. The Morgan fingerprint density at radius 3 is 2.94 bits per heavy atom. The third-order valence-corrected chi connectivity index (χ3v) is 3.26. The van der Waals surface area contributed by atoms with E-state index in [1.54, 1.807) is 11.3 Å². The lowest BCUT2D eigenvalue weighted by Gasteiger charge is -2.19. The highest BCUT2D eigenvalue weighted by atomic mass is 32.1. The average Bonchev–Trinajstić information content (AvgIpc) is 2.85. The zero-order chi connectivity index (χ0) is 13.0. The highest BCUT2D eigenvalue weighted by Crippen LogP contribution is 2.27. The van der Waals surface area contributed by atoms with Crippen LogP contribution in [0.2, 0.25) is 0 Å². The van der Waals surface area contributed by atoms with Gasteiger partial charge in [0.25, 0.3) is 0 Å². The first-order valence-electron chi connectivity index (χ1n) is 5.81. The molecule has 1 aromatic heterocycles. The van der Waals surface area contributed by atoms with Crippen LogP contribution in [0.15, 0.2) is 29.1 Å². The number of benzene rings is 1. The van der Waals surface area contributed by atoms with Crippen LogP contribution in [0.1, 0.15) is 12.6 Å². The molecule has 0 aliphatic carbocycles. The van der Waals surface area contributed by atoms with E-state index < -0.39 is 0 Å². The second-order valence-electron chi connectivity index (χ2n) is 3.99. The molecule has 0 aliphatic heterocycles. The maximum absolute atomic E-state index is 5.86. The third-order valence-electron chi connectivity index (χ3n) is 2.62. The standard InChI is InChI=1S/C13H17N3OS/c1-3-17-13-6-11(4-5-12(13)14)16(2)7-10-8-18-9-15-10/h4-6,8-9H,3,7,14H2,1-2H3. The van der Waals surface area contributed by atoms with Gasteiger partial charge in [0.05, 0.1) is 30.0 Å². The van der Waals surface area contributed by atoms with Crippen molar-refractivity contribution in [3.8, 4) is 5.75 Å². The molecule has 0 aliphatic rings. The molecule has 0 fully saturated rings. The molecule has 5 heteroatoms. The lowest BCUT2D eigenvalue weighted by Crippen LogP contribution is -2.16. The lowest BCUT2D eigenvalue weighted by atomic mass is 10.2. The number of anilines is 2. The Labute approximate surface area is 111 Å². The summed E-state index contributed by atoms with van der Waals surface area (Å²) in [5, 5.41) is 2.05. The fourth-order valence-corrected chi connectivity index (χ4v) is 2.24. The fourth-order valence-electron chi connectivity index (χ4n) is 1.69. The highest BCUT2D eigenvalue weighted by molar-refractivity contribution is 7.07. The topological polar surface area (TPSA) is 51.4 Å². The Hall–Kier alpha value is -1.75. The first kappa shape index (κ1) is 12.7. The van der Waals surface area contributed by atoms with E-state index in [0.29, 0.717) is 12.3 Å². The van der Waals surface area contributed by atoms with Crippen LogP contribution in [0, 0.1) is 0 Å². The van der Waals surface area contributed by atoms with Crippen molar-refractivity contribution in [1.82, 2.24) is 4.98 Å². The number of thiazole rings is 1. The van der Waals surface area contributed by atoms with E-state index in [0.717, 1.165) is 23.7 Å². The Kier molecular flexibility index (Phi) is 4.04. The van der Waals surface area contributed by atoms with Crippen molar-refractivity contribution in [2.24, 2.45) is 0 Å². The van der Waals surface area contributed by atoms with Gasteiger partial charge in [0, 0.05) is 24.2 Å². The van der Waals surface area contributed by atoms with Gasteiger partial charge >= 0.3 is 0 Å². The van der Waals surface area contributed by atoms with Gasteiger partial charge in [-0.1, -0.05) is 0 Å². The molecule has 2 N–H and O–H groups in total. The molecule has 1 aromatic carbocycles. The second-order valence-corrected chi connectivity index (χ2v) is 4.71. The minimum absolute atomic E-state index is 0.615. The molecular formula is C13H17N3OS. The molecule has 0 spiro atoms. The van der Waals surface area contributed by atoms with Gasteiger partial charge in [-0.15, -0.1) is 11.3 Å². The molecule has 0 unspecified atom stereocenters. The molecule has 96 valence electrons. The Morgan fingerprint density at radius 2 is 2.28 bits per heavy atom. The number of ether oxygens (including phenoxy) is 1. The molecule has 0 saturated carbocycles. The fraction of sp³-hybridized carbons (Fsp3) is 0.308. The largest absolute Gasteiger partial charge is 0.492 e. The molecule has 4 nitrogen and oxygen atoms in total. The average molecular weight is 263 g/mol. The molecule has 2 rings (SSSR count). The van der Waals surface area contributed by atoms with Crippen LogP contribution in [0.3, 0.4) is 0 Å². The maximum atomic E-state index is 5.86. The van der Waals surface area contributed by atoms with Crippen LogP contribution in [0.4, 0.5) is 11.4 Å². The summed E-state index contributed by atoms with van der Waals surface area (Å²) in [7, 11) is 2.03. The van der Waals surface area contributed by atoms with E-state index >= 15 is 0 Å². The summed E-state index contributed by atoms with van der Waals surface area (Å²) in [6, 6.07) is 5.83. The third kappa shape index (κ3) is 2.92. The van der Waals surface area contributed by atoms with Crippen LogP contribution >= 0.6 is 11.3 Å². The molecule has 18 heavy (non-hydrogen) atoms. The summed E-state index contributed by atoms with van der Waals surface area (Å²) < 4.78 is 5.50. The first-order chi connectivity index (χ1) is 8.70. The van der Waals surface area contributed by atoms with Crippen LogP contribution in [0.5, 0.6) is 5.75 Å². The predicted molar refractivity (Wildman–Crippen MR) is 76.2 cm³/mol. The van der Waals surface area contributed by atoms with E-state index in [-0.39, 0.29) is 0 Å². The van der Waals surface area contributed by atoms with Crippen LogP contribution in [-0.2, 0) is 6.54 Å². The second kappa shape index (κ2) is 5.73. The summed E-state index contributed by atoms with van der Waals surface area (Å²) in [5.41, 5.74) is 10.5. The number of nitrogens with two attached hydrogens (primary N) is 1. The van der Waals surface area contributed by atoms with Gasteiger partial charge in [-0.25, -0.2) is 4.98 Å². The minimum Gasteiger partial charge on any atom is -0.492 e. The van der Waals surface area contributed by atoms with Crippen molar-refractivity contribution in [2.75, 3.05) is 24.3 Å². The molecule has 0 bridgehead atoms. The van der Waals surface area contributed by atoms with E-state index in [1.807, 2.05) is 37.7 Å². The monoisotopic (exact) mass is 263 g/mol. The van der Waals surface area contributed by atoms with Crippen molar-refractivity contribution in [1.29, 1.82) is 0 Å². The molecule has 1 heterocycles. The minimum atomic E-state index is 0.615. The highest BCUT2D eigenvalue weighted by Gasteiger charge is 2.07. The van der Waals surface area contributed by atoms with Crippen molar-refractivity contribution in [3.63, 3.8) is 0 Å². The van der Waals surface area contributed by atoms with Gasteiger partial charge in [-0.2, -0.15) is 0 Å². The summed E-state index contributed by atoms with van der Waals surface area (Å²) in [6.45, 7) is 3.34. The molecule has 0 amide bonds. The molecular weight excluding hydrogens is 246 g/mol. The maximum Gasteiger partial charge on any atom is 0.144 e. The van der Waals surface area contributed by atoms with Crippen LogP contribution < -0.4 is 15.4 Å². The number of hydrogen-bond acceptors (Lipinski definition) is 5. The van der Waals surface area contributed by atoms with Gasteiger partial charge in [0.2, 0.25) is 0 Å². The predicted octanol–water partition coefficient (Wildman–Crippen LogP) is 2.76. The van der Waals surface area contributed by atoms with Crippen molar-refractivity contribution in [2.45, 2.75) is 13.5 Å². The van der Waals surface area contributed by atoms with E-state index in [4.69, 9.17) is 10.5 Å². The summed E-state index contributed by atoms with van der Waals surface area (Å²) >= 11 is 1.61. The van der Waals surface area contributed by atoms with Crippen LogP contribution in [0.25, 0.3) is 0 Å². The van der Waals surface area contributed by atoms with Gasteiger partial charge in [0.15, 0.2) is 0 Å². The number of nitrogen functional groups attached to an aromatic ring is 1. The zero-order valence-electron chi connectivity index (χ0n) is 10.6. The van der Waals surface area contributed by atoms with Crippen molar-refractivity contribution >= 4 is 22.7 Å². The van der Waals surface area contributed by atoms with Gasteiger partial charge in [-0.3, -0.25) is 0 Å². The van der Waals surface area contributed by atoms with Crippen molar-refractivity contribution in [3.05, 3.63) is 34.8 Å². The van der Waals surface area contributed by atoms with E-state index in [9.17, 15) is 0 Å². The van der Waals surface area contributed by atoms with Gasteiger partial charge in [-0.05, 0) is 19.1 Å². The number of rotatable bonds is 5. The quantitative estimate of drug-likeness (QED) is 0.843. The number of nitrogens with zero attached hydrogens (tertiary/aromatic N) is 2. The Bertz CT molecular complexity index is 499. The van der Waals surface area contributed by atoms with E-state index in [2.05, 4.69) is 15.3 Å². The summed E-state index contributed by atoms with van der Waals surface area (Å²) in [6.07, 6.45) is 0. The first-order valence-corrected chi connectivity index (χ1v) is 6.75. The van der Waals surface area contributed by atoms with Crippen molar-refractivity contribution < 1.29 is 4.74 Å². The summed E-state index contributed by atoms with van der Waals surface area (Å²) in [4.78, 5) is 6.40. The van der Waals surface area contributed by atoms with E-state index in [1.165, 1.54) is 0 Å². The molecule has 0 atom stereocenters. The smallest absolute Gasteiger partial charge is 0.144 e. The number of hydrogen-bond donors (Lipinski definition) is 1. The lowest BCUT2D eigenvalue weighted by molar-refractivity contribution is 0.342. The van der Waals surface area contributed by atoms with Crippen LogP contribution in [-0.4, -0.2) is 18.6 Å². The normalized spacial score (nSPS) is 10.3. The molecule has 2 aromatic rings. The number of aromatic nitrogens is 1. The van der Waals surface area contributed by atoms with Gasteiger partial charge < -0.3 is 15.4 Å². The molecule has 0 saturated heterocycles. The Balaban J connectivity index is 2.14. The Morgan fingerprint density at radius 1 is 1.44 bits per heavy atom. The molecule has 0 radical (unpaired) electrons. The van der Waals surface area contributed by atoms with Gasteiger partial charge in [0.1, 0.15) is 5.75 Å². The zero-order valence-corrected chi connectivity index (χ0v) is 11.4.